The highest BCUT2D eigenvalue weighted by molar-refractivity contribution is 6.04. The van der Waals surface area contributed by atoms with Crippen LogP contribution in [-0.2, 0) is 0 Å². The average molecular weight is 505 g/mol. The number of ether oxygens (including phenoxy) is 1. The number of anilines is 1. The van der Waals surface area contributed by atoms with Crippen LogP contribution >= 0.6 is 0 Å². The first-order valence-corrected chi connectivity index (χ1v) is 13.1. The van der Waals surface area contributed by atoms with Crippen molar-refractivity contribution in [3.63, 3.8) is 0 Å². The molecule has 0 aliphatic heterocycles. The minimum absolute atomic E-state index is 0.0491. The van der Waals surface area contributed by atoms with Gasteiger partial charge in [-0.2, -0.15) is 10.4 Å². The summed E-state index contributed by atoms with van der Waals surface area (Å²) < 4.78 is 8.98. The molecule has 9 heteroatoms. The quantitative estimate of drug-likeness (QED) is 0.307. The Bertz CT molecular complexity index is 1350. The number of nitrogens with one attached hydrogen (secondary N) is 1. The predicted molar refractivity (Wildman–Crippen MR) is 137 cm³/mol. The van der Waals surface area contributed by atoms with Gasteiger partial charge < -0.3 is 15.2 Å². The highest BCUT2D eigenvalue weighted by Crippen LogP contribution is 2.38. The first-order chi connectivity index (χ1) is 17.8. The summed E-state index contributed by atoms with van der Waals surface area (Å²) in [5.74, 6) is 0.702. The van der Waals surface area contributed by atoms with Crippen molar-refractivity contribution in [2.75, 3.05) is 11.9 Å². The molecule has 2 aliphatic carbocycles. The Labute approximate surface area is 216 Å². The van der Waals surface area contributed by atoms with E-state index in [2.05, 4.69) is 11.4 Å². The second-order valence-electron chi connectivity index (χ2n) is 10.8. The van der Waals surface area contributed by atoms with E-state index in [-0.39, 0.29) is 24.1 Å². The normalized spacial score (nSPS) is 21.6. The molecule has 1 amide bonds. The molecule has 5 rings (SSSR count). The Hall–Kier alpha value is -3.64. The van der Waals surface area contributed by atoms with Gasteiger partial charge in [0.2, 0.25) is 5.69 Å². The number of aromatic nitrogens is 3. The number of amides is 1. The monoisotopic (exact) mass is 504 g/mol. The van der Waals surface area contributed by atoms with Gasteiger partial charge in [-0.3, -0.25) is 14.7 Å². The number of hydrogen-bond acceptors (Lipinski definition) is 6. The molecule has 0 bridgehead atoms. The Morgan fingerprint density at radius 3 is 2.73 bits per heavy atom. The van der Waals surface area contributed by atoms with Crippen LogP contribution in [0.15, 0.2) is 36.5 Å². The van der Waals surface area contributed by atoms with E-state index in [1.165, 1.54) is 0 Å². The van der Waals surface area contributed by atoms with E-state index < -0.39 is 11.5 Å². The molecule has 1 aromatic carbocycles. The molecule has 0 spiro atoms. The lowest BCUT2D eigenvalue weighted by atomic mass is 9.80. The molecule has 194 valence electrons. The maximum atomic E-state index is 13.2. The van der Waals surface area contributed by atoms with Gasteiger partial charge in [0, 0.05) is 40.4 Å². The topological polar surface area (TPSA) is 124 Å². The number of fused-ring (bicyclic) bond motifs is 1. The zero-order valence-electron chi connectivity index (χ0n) is 21.4. The molecule has 9 nitrogen and oxygen atoms in total. The third kappa shape index (κ3) is 5.39. The van der Waals surface area contributed by atoms with Crippen LogP contribution in [0.2, 0.25) is 0 Å². The van der Waals surface area contributed by atoms with Crippen molar-refractivity contribution in [2.24, 2.45) is 5.92 Å². The zero-order valence-corrected chi connectivity index (χ0v) is 21.4. The molecule has 0 atom stereocenters. The van der Waals surface area contributed by atoms with Gasteiger partial charge >= 0.3 is 11.6 Å². The van der Waals surface area contributed by atoms with Crippen LogP contribution < -0.4 is 14.8 Å². The van der Waals surface area contributed by atoms with E-state index in [4.69, 9.17) is 15.1 Å². The maximum absolute atomic E-state index is 13.2. The standard InChI is InChI=1S/C28H33N5O4/c1-18(2)24-4-3-5-25(33(24)36)27(34)30-23-14-20-16-32(21-8-10-28(35,11-9-21)12-13-29)31-22(20)15-26(23)37-17-19-6-7-19/h3-5,14-16,18-19,21,35H,6-12,17H2,1-2H3,(H-,30,34,36)/p+1. The summed E-state index contributed by atoms with van der Waals surface area (Å²) in [6, 6.07) is 11.1. The van der Waals surface area contributed by atoms with Crippen molar-refractivity contribution in [3.05, 3.63) is 47.9 Å². The summed E-state index contributed by atoms with van der Waals surface area (Å²) in [6.45, 7) is 4.49. The van der Waals surface area contributed by atoms with Crippen molar-refractivity contribution < 1.29 is 24.6 Å². The maximum Gasteiger partial charge on any atom is 0.325 e. The van der Waals surface area contributed by atoms with Gasteiger partial charge in [0.05, 0.1) is 41.9 Å². The Morgan fingerprint density at radius 1 is 1.30 bits per heavy atom. The Balaban J connectivity index is 1.42. The highest BCUT2D eigenvalue weighted by Gasteiger charge is 2.34. The summed E-state index contributed by atoms with van der Waals surface area (Å²) in [6.07, 6.45) is 7.01. The molecule has 2 heterocycles. The van der Waals surface area contributed by atoms with Crippen molar-refractivity contribution in [1.29, 1.82) is 5.26 Å². The van der Waals surface area contributed by atoms with Gasteiger partial charge in [0.15, 0.2) is 0 Å². The SMILES string of the molecule is CC(C)c1cccc(C(=O)Nc2cc3cn(C4CCC(O)(CC#N)CC4)nc3cc2OCC2CC2)[n+]1O. The third-order valence-electron chi connectivity index (χ3n) is 7.53. The number of benzene rings is 1. The minimum atomic E-state index is -0.907. The Kier molecular flexibility index (Phi) is 6.78. The number of carbonyl (C=O) groups is 1. The number of pyridine rings is 1. The molecule has 0 saturated heterocycles. The predicted octanol–water partition coefficient (Wildman–Crippen LogP) is 4.49. The Morgan fingerprint density at radius 2 is 2.05 bits per heavy atom. The molecule has 2 saturated carbocycles. The van der Waals surface area contributed by atoms with Crippen LogP contribution in [0, 0.1) is 17.2 Å². The van der Waals surface area contributed by atoms with Crippen LogP contribution in [0.4, 0.5) is 5.69 Å². The van der Waals surface area contributed by atoms with Crippen molar-refractivity contribution >= 4 is 22.5 Å². The van der Waals surface area contributed by atoms with Gasteiger partial charge in [-0.25, -0.2) is 0 Å². The lowest BCUT2D eigenvalue weighted by molar-refractivity contribution is -0.911. The van der Waals surface area contributed by atoms with Gasteiger partial charge in [0.25, 0.3) is 0 Å². The van der Waals surface area contributed by atoms with Crippen LogP contribution in [0.3, 0.4) is 0 Å². The van der Waals surface area contributed by atoms with Gasteiger partial charge in [-0.15, -0.1) is 0 Å². The fraction of sp³-hybridized carbons (Fsp3) is 0.500. The number of hydrogen-bond donors (Lipinski definition) is 3. The number of carbonyl (C=O) groups excluding carboxylic acids is 1. The van der Waals surface area contributed by atoms with E-state index in [1.54, 1.807) is 18.2 Å². The van der Waals surface area contributed by atoms with Crippen molar-refractivity contribution in [1.82, 2.24) is 9.78 Å². The summed E-state index contributed by atoms with van der Waals surface area (Å²) in [4.78, 5) is 13.2. The molecule has 2 fully saturated rings. The van der Waals surface area contributed by atoms with E-state index in [0.717, 1.165) is 41.3 Å². The molecule has 2 aliphatic rings. The van der Waals surface area contributed by atoms with Crippen LogP contribution in [-0.4, -0.2) is 38.2 Å². The molecule has 2 aromatic heterocycles. The second-order valence-corrected chi connectivity index (χ2v) is 10.8. The summed E-state index contributed by atoms with van der Waals surface area (Å²) >= 11 is 0. The lowest BCUT2D eigenvalue weighted by Crippen LogP contribution is -2.43. The van der Waals surface area contributed by atoms with Gasteiger partial charge in [-0.05, 0) is 56.6 Å². The van der Waals surface area contributed by atoms with E-state index in [1.807, 2.05) is 36.9 Å². The van der Waals surface area contributed by atoms with E-state index in [0.29, 0.717) is 42.5 Å². The number of nitriles is 1. The van der Waals surface area contributed by atoms with Crippen molar-refractivity contribution in [2.45, 2.75) is 76.4 Å². The molecular formula is C28H34N5O4+. The molecule has 0 unspecified atom stereocenters. The number of rotatable bonds is 8. The van der Waals surface area contributed by atoms with E-state index >= 15 is 0 Å². The number of aliphatic hydroxyl groups is 1. The first kappa shape index (κ1) is 25.0. The van der Waals surface area contributed by atoms with Crippen LogP contribution in [0.5, 0.6) is 5.75 Å². The van der Waals surface area contributed by atoms with Gasteiger partial charge in [0.1, 0.15) is 5.75 Å². The lowest BCUT2D eigenvalue weighted by Gasteiger charge is -2.34. The number of nitrogens with zero attached hydrogens (tertiary/aromatic N) is 4. The molecule has 3 aromatic rings. The smallest absolute Gasteiger partial charge is 0.325 e. The van der Waals surface area contributed by atoms with Gasteiger partial charge in [-0.1, -0.05) is 13.8 Å². The van der Waals surface area contributed by atoms with Crippen molar-refractivity contribution in [3.8, 4) is 11.8 Å². The molecular weight excluding hydrogens is 470 g/mol. The average Bonchev–Trinajstić information content (AvgIpc) is 3.60. The van der Waals surface area contributed by atoms with Crippen LogP contribution in [0.1, 0.15) is 86.9 Å². The molecule has 37 heavy (non-hydrogen) atoms. The molecule has 0 radical (unpaired) electrons. The fourth-order valence-electron chi connectivity index (χ4n) is 5.01. The summed E-state index contributed by atoms with van der Waals surface area (Å²) in [5.41, 5.74) is 1.17. The second kappa shape index (κ2) is 10.0. The minimum Gasteiger partial charge on any atom is -0.491 e. The fourth-order valence-corrected chi connectivity index (χ4v) is 5.01. The third-order valence-corrected chi connectivity index (χ3v) is 7.53. The largest absolute Gasteiger partial charge is 0.491 e. The zero-order chi connectivity index (χ0) is 26.2. The highest BCUT2D eigenvalue weighted by atomic mass is 16.5. The molecule has 3 N–H and O–H groups in total. The summed E-state index contributed by atoms with van der Waals surface area (Å²) in [5, 5.41) is 38.8. The van der Waals surface area contributed by atoms with Crippen LogP contribution in [0.25, 0.3) is 10.9 Å². The summed E-state index contributed by atoms with van der Waals surface area (Å²) in [7, 11) is 0. The first-order valence-electron chi connectivity index (χ1n) is 13.1. The van der Waals surface area contributed by atoms with E-state index in [9.17, 15) is 15.1 Å².